The normalized spacial score (nSPS) is 18.9. The first-order chi connectivity index (χ1) is 12.4. The van der Waals surface area contributed by atoms with Crippen molar-refractivity contribution in [2.24, 2.45) is 0 Å². The number of aromatic amines is 1. The molecule has 0 amide bonds. The monoisotopic (exact) mass is 408 g/mol. The average molecular weight is 410 g/mol. The fraction of sp³-hybridized carbons (Fsp3) is 0.300. The van der Waals surface area contributed by atoms with Gasteiger partial charge in [0.05, 0.1) is 16.1 Å². The Labute approximate surface area is 167 Å². The second-order valence-corrected chi connectivity index (χ2v) is 8.07. The van der Waals surface area contributed by atoms with Gasteiger partial charge in [-0.2, -0.15) is 0 Å². The molecule has 0 saturated carbocycles. The van der Waals surface area contributed by atoms with E-state index in [0.717, 1.165) is 29.1 Å². The number of aromatic nitrogens is 1. The predicted molar refractivity (Wildman–Crippen MR) is 108 cm³/mol. The molecule has 0 aliphatic carbocycles. The van der Waals surface area contributed by atoms with Gasteiger partial charge in [-0.1, -0.05) is 40.9 Å². The lowest BCUT2D eigenvalue weighted by Gasteiger charge is -2.35. The zero-order valence-electron chi connectivity index (χ0n) is 14.3. The Morgan fingerprint density at radius 3 is 2.73 bits per heavy atom. The van der Waals surface area contributed by atoms with Crippen LogP contribution < -0.4 is 0 Å². The zero-order chi connectivity index (χ0) is 18.4. The molecule has 3 nitrogen and oxygen atoms in total. The number of aliphatic hydroxyl groups is 1. The molecule has 1 aliphatic heterocycles. The molecular formula is C20H19Cl3N2O. The van der Waals surface area contributed by atoms with E-state index in [1.807, 2.05) is 24.3 Å². The maximum absolute atomic E-state index is 10.7. The van der Waals surface area contributed by atoms with Crippen LogP contribution in [0.5, 0.6) is 0 Å². The molecule has 2 atom stereocenters. The highest BCUT2D eigenvalue weighted by atomic mass is 35.5. The Morgan fingerprint density at radius 1 is 1.15 bits per heavy atom. The summed E-state index contributed by atoms with van der Waals surface area (Å²) in [6, 6.07) is 11.4. The van der Waals surface area contributed by atoms with Gasteiger partial charge in [-0.25, -0.2) is 0 Å². The molecule has 6 heteroatoms. The number of fused-ring (bicyclic) bond motifs is 3. The van der Waals surface area contributed by atoms with Gasteiger partial charge in [-0.3, -0.25) is 4.90 Å². The maximum Gasteiger partial charge on any atom is 0.0917 e. The van der Waals surface area contributed by atoms with Crippen molar-refractivity contribution in [3.63, 3.8) is 0 Å². The molecule has 3 aromatic rings. The molecule has 1 aromatic heterocycles. The van der Waals surface area contributed by atoms with Crippen molar-refractivity contribution < 1.29 is 5.11 Å². The highest BCUT2D eigenvalue weighted by Crippen LogP contribution is 2.36. The standard InChI is InChI=1S/C20H19Cl3N2O/c1-11-20-14(15-9-13(21)3-5-18(15)24-20)6-7-25(11)10-19(26)12-2-4-16(22)17(23)8-12/h2-5,8-9,11,19,24,26H,6-7,10H2,1H3. The molecule has 0 saturated heterocycles. The van der Waals surface area contributed by atoms with Crippen molar-refractivity contribution in [3.8, 4) is 0 Å². The summed E-state index contributed by atoms with van der Waals surface area (Å²) < 4.78 is 0. The first-order valence-electron chi connectivity index (χ1n) is 8.61. The van der Waals surface area contributed by atoms with E-state index in [4.69, 9.17) is 34.8 Å². The van der Waals surface area contributed by atoms with E-state index in [9.17, 15) is 5.11 Å². The number of H-pyrrole nitrogens is 1. The summed E-state index contributed by atoms with van der Waals surface area (Å²) >= 11 is 18.2. The van der Waals surface area contributed by atoms with Gasteiger partial charge < -0.3 is 10.1 Å². The lowest BCUT2D eigenvalue weighted by molar-refractivity contribution is 0.0856. The molecule has 0 spiro atoms. The molecule has 136 valence electrons. The van der Waals surface area contributed by atoms with Crippen molar-refractivity contribution in [2.45, 2.75) is 25.5 Å². The number of nitrogens with zero attached hydrogens (tertiary/aromatic N) is 1. The van der Waals surface area contributed by atoms with Crippen LogP contribution in [0.15, 0.2) is 36.4 Å². The molecule has 0 bridgehead atoms. The summed E-state index contributed by atoms with van der Waals surface area (Å²) in [5.74, 6) is 0. The van der Waals surface area contributed by atoms with Crippen molar-refractivity contribution in [3.05, 3.63) is 68.3 Å². The van der Waals surface area contributed by atoms with Gasteiger partial charge in [0.1, 0.15) is 0 Å². The van der Waals surface area contributed by atoms with E-state index in [-0.39, 0.29) is 6.04 Å². The summed E-state index contributed by atoms with van der Waals surface area (Å²) in [5, 5.41) is 13.6. The van der Waals surface area contributed by atoms with Crippen LogP contribution in [0, 0.1) is 0 Å². The van der Waals surface area contributed by atoms with E-state index < -0.39 is 6.10 Å². The van der Waals surface area contributed by atoms with Gasteiger partial charge in [0.25, 0.3) is 0 Å². The van der Waals surface area contributed by atoms with Gasteiger partial charge in [0.15, 0.2) is 0 Å². The summed E-state index contributed by atoms with van der Waals surface area (Å²) in [6.07, 6.45) is 0.307. The molecule has 0 radical (unpaired) electrons. The number of hydrogen-bond donors (Lipinski definition) is 2. The van der Waals surface area contributed by atoms with Gasteiger partial charge >= 0.3 is 0 Å². The topological polar surface area (TPSA) is 39.3 Å². The summed E-state index contributed by atoms with van der Waals surface area (Å²) in [5.41, 5.74) is 4.42. The number of rotatable bonds is 3. The van der Waals surface area contributed by atoms with Crippen LogP contribution in [-0.4, -0.2) is 28.1 Å². The summed E-state index contributed by atoms with van der Waals surface area (Å²) in [4.78, 5) is 5.82. The number of aliphatic hydroxyl groups excluding tert-OH is 1. The van der Waals surface area contributed by atoms with Gasteiger partial charge in [-0.15, -0.1) is 0 Å². The molecule has 2 aromatic carbocycles. The van der Waals surface area contributed by atoms with Crippen LogP contribution in [0.25, 0.3) is 10.9 Å². The molecule has 26 heavy (non-hydrogen) atoms. The quantitative estimate of drug-likeness (QED) is 0.575. The third-order valence-electron chi connectivity index (χ3n) is 5.25. The van der Waals surface area contributed by atoms with E-state index in [1.54, 1.807) is 12.1 Å². The Balaban J connectivity index is 1.58. The minimum Gasteiger partial charge on any atom is -0.387 e. The SMILES string of the molecule is CC1c2[nH]c3ccc(Cl)cc3c2CCN1CC(O)c1ccc(Cl)c(Cl)c1. The Morgan fingerprint density at radius 2 is 1.96 bits per heavy atom. The lowest BCUT2D eigenvalue weighted by Crippen LogP contribution is -2.36. The predicted octanol–water partition coefficient (Wildman–Crippen LogP) is 5.78. The number of halogens is 3. The van der Waals surface area contributed by atoms with Crippen LogP contribution in [0.2, 0.25) is 15.1 Å². The van der Waals surface area contributed by atoms with E-state index >= 15 is 0 Å². The molecule has 4 rings (SSSR count). The van der Waals surface area contributed by atoms with Crippen molar-refractivity contribution in [1.82, 2.24) is 9.88 Å². The molecule has 0 fully saturated rings. The third kappa shape index (κ3) is 3.23. The fourth-order valence-corrected chi connectivity index (χ4v) is 4.27. The van der Waals surface area contributed by atoms with E-state index in [0.29, 0.717) is 16.6 Å². The Kier molecular flexibility index (Phi) is 4.93. The smallest absolute Gasteiger partial charge is 0.0917 e. The number of hydrogen-bond acceptors (Lipinski definition) is 2. The largest absolute Gasteiger partial charge is 0.387 e. The van der Waals surface area contributed by atoms with E-state index in [2.05, 4.69) is 16.8 Å². The minimum atomic E-state index is -0.618. The van der Waals surface area contributed by atoms with Crippen molar-refractivity contribution in [1.29, 1.82) is 0 Å². The number of nitrogens with one attached hydrogen (secondary N) is 1. The molecular weight excluding hydrogens is 391 g/mol. The Bertz CT molecular complexity index is 969. The molecule has 2 N–H and O–H groups in total. The first kappa shape index (κ1) is 18.1. The van der Waals surface area contributed by atoms with Crippen LogP contribution in [-0.2, 0) is 6.42 Å². The number of β-amino-alcohol motifs (C(OH)–C–C–N with tert-alkyl or cyclic N) is 1. The van der Waals surface area contributed by atoms with Crippen LogP contribution in [0.3, 0.4) is 0 Å². The third-order valence-corrected chi connectivity index (χ3v) is 6.23. The van der Waals surface area contributed by atoms with Gasteiger partial charge in [0, 0.05) is 40.8 Å². The minimum absolute atomic E-state index is 0.183. The lowest BCUT2D eigenvalue weighted by atomic mass is 9.97. The average Bonchev–Trinajstić information content (AvgIpc) is 2.98. The maximum atomic E-state index is 10.7. The van der Waals surface area contributed by atoms with E-state index in [1.165, 1.54) is 16.6 Å². The summed E-state index contributed by atoms with van der Waals surface area (Å²) in [7, 11) is 0. The van der Waals surface area contributed by atoms with Crippen LogP contribution >= 0.6 is 34.8 Å². The fourth-order valence-electron chi connectivity index (χ4n) is 3.79. The summed E-state index contributed by atoms with van der Waals surface area (Å²) in [6.45, 7) is 3.58. The zero-order valence-corrected chi connectivity index (χ0v) is 16.5. The van der Waals surface area contributed by atoms with Gasteiger partial charge in [0.2, 0.25) is 0 Å². The second-order valence-electron chi connectivity index (χ2n) is 6.82. The van der Waals surface area contributed by atoms with Crippen LogP contribution in [0.1, 0.15) is 35.9 Å². The molecule has 1 aliphatic rings. The number of benzene rings is 2. The van der Waals surface area contributed by atoms with Crippen molar-refractivity contribution in [2.75, 3.05) is 13.1 Å². The van der Waals surface area contributed by atoms with Gasteiger partial charge in [-0.05, 0) is 54.8 Å². The highest BCUT2D eigenvalue weighted by Gasteiger charge is 2.28. The molecule has 2 unspecified atom stereocenters. The van der Waals surface area contributed by atoms with Crippen LogP contribution in [0.4, 0.5) is 0 Å². The highest BCUT2D eigenvalue weighted by molar-refractivity contribution is 6.42. The molecule has 2 heterocycles. The second kappa shape index (κ2) is 7.06. The first-order valence-corrected chi connectivity index (χ1v) is 9.74. The van der Waals surface area contributed by atoms with Crippen molar-refractivity contribution >= 4 is 45.7 Å². The Hall–Kier alpha value is -1.23.